The molecule has 2 aromatic carbocycles. The third-order valence-corrected chi connectivity index (χ3v) is 4.90. The van der Waals surface area contributed by atoms with Crippen LogP contribution in [0.5, 0.6) is 5.75 Å². The van der Waals surface area contributed by atoms with Gasteiger partial charge in [0, 0.05) is 6.92 Å². The molecule has 2 heterocycles. The van der Waals surface area contributed by atoms with Crippen molar-refractivity contribution in [3.05, 3.63) is 77.9 Å². The van der Waals surface area contributed by atoms with E-state index in [0.29, 0.717) is 5.75 Å². The quantitative estimate of drug-likeness (QED) is 0.615. The van der Waals surface area contributed by atoms with Gasteiger partial charge in [0.15, 0.2) is 6.61 Å². The molecule has 5 heteroatoms. The maximum atomic E-state index is 12.3. The van der Waals surface area contributed by atoms with Crippen LogP contribution in [0.2, 0.25) is 0 Å². The number of fused-ring (bicyclic) bond motifs is 5. The molecule has 0 radical (unpaired) electrons. The SMILES string of the molecule is CC(=O)N1C2C=CC1(COC(=O)COc1ccccc1)c1ccccc12. The smallest absolute Gasteiger partial charge is 0.344 e. The Morgan fingerprint density at radius 3 is 2.58 bits per heavy atom. The molecule has 2 aliphatic rings. The molecule has 132 valence electrons. The standard InChI is InChI=1S/C21H19NO4/c1-15(23)22-19-11-12-21(22,18-10-6-5-9-17(18)19)14-26-20(24)13-25-16-7-3-2-4-8-16/h2-12,19H,13-14H2,1H3. The number of carbonyl (C=O) groups excluding carboxylic acids is 2. The minimum absolute atomic E-state index is 0.0483. The summed E-state index contributed by atoms with van der Waals surface area (Å²) in [5, 5.41) is 0. The summed E-state index contributed by atoms with van der Waals surface area (Å²) >= 11 is 0. The van der Waals surface area contributed by atoms with Gasteiger partial charge in [-0.25, -0.2) is 4.79 Å². The number of hydrogen-bond acceptors (Lipinski definition) is 4. The van der Waals surface area contributed by atoms with Gasteiger partial charge in [-0.15, -0.1) is 0 Å². The summed E-state index contributed by atoms with van der Waals surface area (Å²) in [6.45, 7) is 1.45. The van der Waals surface area contributed by atoms with Crippen molar-refractivity contribution >= 4 is 11.9 Å². The highest BCUT2D eigenvalue weighted by atomic mass is 16.6. The van der Waals surface area contributed by atoms with E-state index in [4.69, 9.17) is 9.47 Å². The summed E-state index contributed by atoms with van der Waals surface area (Å²) in [5.74, 6) is 0.0979. The van der Waals surface area contributed by atoms with E-state index in [1.54, 1.807) is 24.0 Å². The van der Waals surface area contributed by atoms with Crippen molar-refractivity contribution in [2.24, 2.45) is 0 Å². The van der Waals surface area contributed by atoms with Gasteiger partial charge in [-0.05, 0) is 23.3 Å². The Kier molecular flexibility index (Phi) is 3.99. The molecule has 0 aromatic heterocycles. The molecule has 26 heavy (non-hydrogen) atoms. The zero-order chi connectivity index (χ0) is 18.1. The molecular weight excluding hydrogens is 330 g/mol. The molecule has 0 spiro atoms. The van der Waals surface area contributed by atoms with Gasteiger partial charge in [-0.1, -0.05) is 54.6 Å². The van der Waals surface area contributed by atoms with Crippen molar-refractivity contribution in [1.29, 1.82) is 0 Å². The first-order chi connectivity index (χ1) is 12.6. The second-order valence-corrected chi connectivity index (χ2v) is 6.47. The van der Waals surface area contributed by atoms with Crippen LogP contribution >= 0.6 is 0 Å². The molecule has 1 amide bonds. The molecule has 0 aliphatic carbocycles. The minimum atomic E-state index is -0.727. The molecule has 2 unspecified atom stereocenters. The van der Waals surface area contributed by atoms with Crippen LogP contribution in [0, 0.1) is 0 Å². The lowest BCUT2D eigenvalue weighted by molar-refractivity contribution is -0.152. The summed E-state index contributed by atoms with van der Waals surface area (Å²) in [4.78, 5) is 26.2. The average Bonchev–Trinajstić information content (AvgIpc) is 3.18. The molecule has 2 aliphatic heterocycles. The highest BCUT2D eigenvalue weighted by Crippen LogP contribution is 2.52. The Bertz CT molecular complexity index is 877. The number of amides is 1. The maximum Gasteiger partial charge on any atom is 0.344 e. The topological polar surface area (TPSA) is 55.8 Å². The molecule has 4 rings (SSSR count). The minimum Gasteiger partial charge on any atom is -0.482 e. The Labute approximate surface area is 151 Å². The Hall–Kier alpha value is -3.08. The first kappa shape index (κ1) is 16.4. The Morgan fingerprint density at radius 2 is 1.81 bits per heavy atom. The van der Waals surface area contributed by atoms with Crippen LogP contribution in [-0.2, 0) is 19.9 Å². The van der Waals surface area contributed by atoms with Crippen LogP contribution in [0.1, 0.15) is 24.1 Å². The van der Waals surface area contributed by atoms with E-state index in [1.807, 2.05) is 54.6 Å². The van der Waals surface area contributed by atoms with Gasteiger partial charge < -0.3 is 14.4 Å². The van der Waals surface area contributed by atoms with Gasteiger partial charge in [0.2, 0.25) is 5.91 Å². The number of nitrogens with zero attached hydrogens (tertiary/aromatic N) is 1. The molecular formula is C21H19NO4. The monoisotopic (exact) mass is 349 g/mol. The van der Waals surface area contributed by atoms with Crippen LogP contribution in [0.3, 0.4) is 0 Å². The van der Waals surface area contributed by atoms with Gasteiger partial charge in [0.1, 0.15) is 17.9 Å². The molecule has 2 bridgehead atoms. The summed E-state index contributed by atoms with van der Waals surface area (Å²) in [7, 11) is 0. The van der Waals surface area contributed by atoms with E-state index in [1.165, 1.54) is 0 Å². The van der Waals surface area contributed by atoms with Crippen LogP contribution in [0.15, 0.2) is 66.7 Å². The zero-order valence-electron chi connectivity index (χ0n) is 14.4. The lowest BCUT2D eigenvalue weighted by atomic mass is 9.87. The van der Waals surface area contributed by atoms with E-state index >= 15 is 0 Å². The van der Waals surface area contributed by atoms with Gasteiger partial charge in [0.25, 0.3) is 0 Å². The number of esters is 1. The van der Waals surface area contributed by atoms with Gasteiger partial charge in [0.05, 0.1) is 6.04 Å². The summed E-state index contributed by atoms with van der Waals surface area (Å²) in [5.41, 5.74) is 1.37. The lowest BCUT2D eigenvalue weighted by Gasteiger charge is -2.33. The van der Waals surface area contributed by atoms with Crippen LogP contribution in [0.4, 0.5) is 0 Å². The molecule has 5 nitrogen and oxygen atoms in total. The van der Waals surface area contributed by atoms with E-state index in [2.05, 4.69) is 0 Å². The predicted molar refractivity (Wildman–Crippen MR) is 95.4 cm³/mol. The predicted octanol–water partition coefficient (Wildman–Crippen LogP) is 2.98. The van der Waals surface area contributed by atoms with Crippen molar-refractivity contribution in [3.63, 3.8) is 0 Å². The van der Waals surface area contributed by atoms with Crippen LogP contribution in [0.25, 0.3) is 0 Å². The largest absolute Gasteiger partial charge is 0.482 e. The van der Waals surface area contributed by atoms with E-state index in [0.717, 1.165) is 11.1 Å². The number of para-hydroxylation sites is 1. The van der Waals surface area contributed by atoms with Gasteiger partial charge >= 0.3 is 5.97 Å². The summed E-state index contributed by atoms with van der Waals surface area (Å²) in [6, 6.07) is 16.9. The number of ether oxygens (including phenoxy) is 2. The summed E-state index contributed by atoms with van der Waals surface area (Å²) in [6.07, 6.45) is 3.96. The first-order valence-electron chi connectivity index (χ1n) is 8.54. The third kappa shape index (κ3) is 2.56. The number of benzene rings is 2. The molecule has 0 saturated heterocycles. The normalized spacial score (nSPS) is 22.2. The van der Waals surface area contributed by atoms with E-state index in [-0.39, 0.29) is 25.2 Å². The Balaban J connectivity index is 1.48. The van der Waals surface area contributed by atoms with E-state index in [9.17, 15) is 9.59 Å². The van der Waals surface area contributed by atoms with Crippen LogP contribution in [-0.4, -0.2) is 30.0 Å². The molecule has 0 fully saturated rings. The fraction of sp³-hybridized carbons (Fsp3) is 0.238. The lowest BCUT2D eigenvalue weighted by Crippen LogP contribution is -2.44. The second kappa shape index (κ2) is 6.33. The van der Waals surface area contributed by atoms with Gasteiger partial charge in [-0.3, -0.25) is 4.79 Å². The highest BCUT2D eigenvalue weighted by molar-refractivity contribution is 5.79. The Morgan fingerprint density at radius 1 is 1.08 bits per heavy atom. The number of hydrogen-bond donors (Lipinski definition) is 0. The number of carbonyl (C=O) groups is 2. The fourth-order valence-electron chi connectivity index (χ4n) is 3.84. The molecule has 2 atom stereocenters. The van der Waals surface area contributed by atoms with Crippen molar-refractivity contribution in [2.45, 2.75) is 18.5 Å². The molecule has 0 saturated carbocycles. The van der Waals surface area contributed by atoms with Crippen molar-refractivity contribution < 1.29 is 19.1 Å². The van der Waals surface area contributed by atoms with Crippen LogP contribution < -0.4 is 4.74 Å². The maximum absolute atomic E-state index is 12.3. The van der Waals surface area contributed by atoms with Crippen molar-refractivity contribution in [2.75, 3.05) is 13.2 Å². The summed E-state index contributed by atoms with van der Waals surface area (Å²) < 4.78 is 10.9. The molecule has 0 N–H and O–H groups in total. The molecule has 2 aromatic rings. The van der Waals surface area contributed by atoms with E-state index < -0.39 is 11.5 Å². The fourth-order valence-corrected chi connectivity index (χ4v) is 3.84. The third-order valence-electron chi connectivity index (χ3n) is 4.90. The number of rotatable bonds is 5. The highest BCUT2D eigenvalue weighted by Gasteiger charge is 2.53. The first-order valence-corrected chi connectivity index (χ1v) is 8.54. The van der Waals surface area contributed by atoms with Crippen molar-refractivity contribution in [3.8, 4) is 5.75 Å². The van der Waals surface area contributed by atoms with Crippen molar-refractivity contribution in [1.82, 2.24) is 4.90 Å². The van der Waals surface area contributed by atoms with Gasteiger partial charge in [-0.2, -0.15) is 0 Å². The average molecular weight is 349 g/mol. The second-order valence-electron chi connectivity index (χ2n) is 6.47. The zero-order valence-corrected chi connectivity index (χ0v) is 14.4.